The van der Waals surface area contributed by atoms with Crippen molar-refractivity contribution in [2.45, 2.75) is 25.7 Å². The lowest BCUT2D eigenvalue weighted by Crippen LogP contribution is -2.21. The van der Waals surface area contributed by atoms with Gasteiger partial charge in [0.25, 0.3) is 5.92 Å². The highest BCUT2D eigenvalue weighted by molar-refractivity contribution is 5.84. The molecule has 0 aliphatic heterocycles. The molecule has 1 atom stereocenters. The summed E-state index contributed by atoms with van der Waals surface area (Å²) < 4.78 is 29.6. The highest BCUT2D eigenvalue weighted by Crippen LogP contribution is 2.50. The maximum absolute atomic E-state index is 14.8. The monoisotopic (exact) mass is 270 g/mol. The Morgan fingerprint density at radius 3 is 2.25 bits per heavy atom. The fraction of sp³-hybridized carbons (Fsp3) is 0.222. The lowest BCUT2D eigenvalue weighted by molar-refractivity contribution is -0.0282. The maximum atomic E-state index is 14.8. The van der Waals surface area contributed by atoms with E-state index in [2.05, 4.69) is 0 Å². The molecule has 0 aromatic heterocycles. The van der Waals surface area contributed by atoms with Gasteiger partial charge in [-0.2, -0.15) is 0 Å². The molecule has 2 aromatic carbocycles. The molecule has 1 aliphatic rings. The first kappa shape index (κ1) is 13.0. The van der Waals surface area contributed by atoms with Crippen LogP contribution in [-0.2, 0) is 5.92 Å². The van der Waals surface area contributed by atoms with Gasteiger partial charge in [-0.1, -0.05) is 61.5 Å². The molecule has 0 amide bonds. The molecule has 20 heavy (non-hydrogen) atoms. The van der Waals surface area contributed by atoms with Gasteiger partial charge in [0.2, 0.25) is 0 Å². The number of rotatable bonds is 0. The summed E-state index contributed by atoms with van der Waals surface area (Å²) in [5.74, 6) is -3.70. The van der Waals surface area contributed by atoms with Crippen LogP contribution < -0.4 is 0 Å². The van der Waals surface area contributed by atoms with Gasteiger partial charge in [0.05, 0.1) is 5.92 Å². The van der Waals surface area contributed by atoms with E-state index in [1.165, 1.54) is 0 Å². The van der Waals surface area contributed by atoms with E-state index >= 15 is 0 Å². The van der Waals surface area contributed by atoms with Crippen molar-refractivity contribution in [1.82, 2.24) is 0 Å². The van der Waals surface area contributed by atoms with Crippen LogP contribution in [-0.4, -0.2) is 0 Å². The summed E-state index contributed by atoms with van der Waals surface area (Å²) >= 11 is 0. The van der Waals surface area contributed by atoms with Crippen molar-refractivity contribution in [2.24, 2.45) is 0 Å². The van der Waals surface area contributed by atoms with Gasteiger partial charge in [0, 0.05) is 5.56 Å². The molecule has 2 aromatic rings. The third-order valence-corrected chi connectivity index (χ3v) is 4.13. The van der Waals surface area contributed by atoms with Gasteiger partial charge in [-0.05, 0) is 29.2 Å². The average Bonchev–Trinajstić information content (AvgIpc) is 2.54. The average molecular weight is 270 g/mol. The minimum absolute atomic E-state index is 0.122. The minimum Gasteiger partial charge on any atom is -0.201 e. The van der Waals surface area contributed by atoms with Gasteiger partial charge in [-0.3, -0.25) is 0 Å². The zero-order chi connectivity index (χ0) is 14.3. The smallest absolute Gasteiger partial charge is 0.201 e. The predicted octanol–water partition coefficient (Wildman–Crippen LogP) is 5.35. The highest BCUT2D eigenvalue weighted by atomic mass is 19.3. The van der Waals surface area contributed by atoms with Gasteiger partial charge in [-0.25, -0.2) is 8.78 Å². The summed E-state index contributed by atoms with van der Waals surface area (Å²) in [5.41, 5.74) is 3.27. The summed E-state index contributed by atoms with van der Waals surface area (Å²) in [5, 5.41) is 0. The van der Waals surface area contributed by atoms with Crippen LogP contribution in [0, 0.1) is 0 Å². The van der Waals surface area contributed by atoms with E-state index < -0.39 is 11.8 Å². The first-order valence-corrected chi connectivity index (χ1v) is 6.80. The van der Waals surface area contributed by atoms with Gasteiger partial charge < -0.3 is 0 Å². The van der Waals surface area contributed by atoms with Crippen LogP contribution >= 0.6 is 0 Å². The predicted molar refractivity (Wildman–Crippen MR) is 77.9 cm³/mol. The zero-order valence-corrected chi connectivity index (χ0v) is 11.5. The second kappa shape index (κ2) is 4.55. The molecule has 0 heterocycles. The Kier molecular flexibility index (Phi) is 2.97. The summed E-state index contributed by atoms with van der Waals surface area (Å²) in [6.07, 6.45) is 1.92. The van der Waals surface area contributed by atoms with E-state index in [-0.39, 0.29) is 5.56 Å². The Balaban J connectivity index is 2.41. The van der Waals surface area contributed by atoms with Gasteiger partial charge >= 0.3 is 0 Å². The van der Waals surface area contributed by atoms with Crippen molar-refractivity contribution in [2.75, 3.05) is 0 Å². The summed E-state index contributed by atoms with van der Waals surface area (Å²) in [7, 11) is 0. The quantitative estimate of drug-likeness (QED) is 0.605. The number of alkyl halides is 2. The molecule has 0 fully saturated rings. The van der Waals surface area contributed by atoms with Crippen LogP contribution in [0.1, 0.15) is 42.0 Å². The lowest BCUT2D eigenvalue weighted by atomic mass is 9.89. The largest absolute Gasteiger partial charge is 0.280 e. The fourth-order valence-corrected chi connectivity index (χ4v) is 3.01. The van der Waals surface area contributed by atoms with Crippen LogP contribution in [0.3, 0.4) is 0 Å². The third kappa shape index (κ3) is 1.71. The van der Waals surface area contributed by atoms with E-state index in [1.807, 2.05) is 43.3 Å². The normalized spacial score (nSPS) is 22.0. The Hall–Kier alpha value is -1.96. The number of halogens is 2. The molecule has 2 heteroatoms. The van der Waals surface area contributed by atoms with Crippen LogP contribution in [0.4, 0.5) is 8.78 Å². The summed E-state index contributed by atoms with van der Waals surface area (Å²) in [6, 6.07) is 14.3. The first-order chi connectivity index (χ1) is 9.57. The molecule has 0 saturated carbocycles. The summed E-state index contributed by atoms with van der Waals surface area (Å²) in [6.45, 7) is 3.51. The van der Waals surface area contributed by atoms with Crippen LogP contribution in [0.2, 0.25) is 0 Å². The van der Waals surface area contributed by atoms with E-state index in [9.17, 15) is 8.78 Å². The molecule has 1 aliphatic carbocycles. The van der Waals surface area contributed by atoms with Crippen LogP contribution in [0.5, 0.6) is 0 Å². The molecule has 0 spiro atoms. The van der Waals surface area contributed by atoms with Crippen molar-refractivity contribution in [3.63, 3.8) is 0 Å². The molecule has 0 bridgehead atoms. The molecule has 3 rings (SSSR count). The minimum atomic E-state index is -2.86. The first-order valence-electron chi connectivity index (χ1n) is 6.80. The molecule has 1 unspecified atom stereocenters. The Bertz CT molecular complexity index is 683. The number of fused-ring (bicyclic) bond motifs is 2. The highest BCUT2D eigenvalue weighted by Gasteiger charge is 2.44. The topological polar surface area (TPSA) is 0 Å². The van der Waals surface area contributed by atoms with Crippen LogP contribution in [0.15, 0.2) is 54.6 Å². The Morgan fingerprint density at radius 2 is 1.55 bits per heavy atom. The molecule has 0 radical (unpaired) electrons. The standard InChI is InChI=1S/C18H16F2/c1-3-13-15-9-5-4-8-14(15)12(2)18(19,20)17-11-7-6-10-16(13)17/h3-12H,1-2H3/b13-3-. The second-order valence-corrected chi connectivity index (χ2v) is 5.18. The molecule has 0 nitrogen and oxygen atoms in total. The third-order valence-electron chi connectivity index (χ3n) is 4.13. The van der Waals surface area contributed by atoms with Crippen molar-refractivity contribution in [1.29, 1.82) is 0 Å². The molecule has 102 valence electrons. The molecular weight excluding hydrogens is 254 g/mol. The number of hydrogen-bond donors (Lipinski definition) is 0. The van der Waals surface area contributed by atoms with Crippen molar-refractivity contribution in [3.8, 4) is 0 Å². The van der Waals surface area contributed by atoms with Crippen molar-refractivity contribution >= 4 is 5.57 Å². The SMILES string of the molecule is C/C=C1/c2ccccc2C(C)C(F)(F)c2ccccc21. The van der Waals surface area contributed by atoms with Crippen molar-refractivity contribution < 1.29 is 8.78 Å². The Morgan fingerprint density at radius 1 is 0.950 bits per heavy atom. The van der Waals surface area contributed by atoms with Gasteiger partial charge in [-0.15, -0.1) is 0 Å². The zero-order valence-electron chi connectivity index (χ0n) is 11.5. The number of allylic oxidation sites excluding steroid dienone is 1. The molecule has 0 N–H and O–H groups in total. The van der Waals surface area contributed by atoms with Crippen molar-refractivity contribution in [3.05, 3.63) is 76.9 Å². The van der Waals surface area contributed by atoms with Gasteiger partial charge in [0.15, 0.2) is 0 Å². The van der Waals surface area contributed by atoms with Crippen LogP contribution in [0.25, 0.3) is 5.57 Å². The molecule has 0 saturated heterocycles. The van der Waals surface area contributed by atoms with Gasteiger partial charge in [0.1, 0.15) is 0 Å². The number of hydrogen-bond acceptors (Lipinski definition) is 0. The number of benzene rings is 2. The molecular formula is C18H16F2. The van der Waals surface area contributed by atoms with E-state index in [1.54, 1.807) is 25.1 Å². The Labute approximate surface area is 117 Å². The second-order valence-electron chi connectivity index (χ2n) is 5.18. The maximum Gasteiger partial charge on any atom is 0.280 e. The lowest BCUT2D eigenvalue weighted by Gasteiger charge is -2.24. The van der Waals surface area contributed by atoms with E-state index in [0.29, 0.717) is 11.1 Å². The van der Waals surface area contributed by atoms with E-state index in [4.69, 9.17) is 0 Å². The summed E-state index contributed by atoms with van der Waals surface area (Å²) in [4.78, 5) is 0. The van der Waals surface area contributed by atoms with E-state index in [0.717, 1.165) is 11.1 Å². The fourth-order valence-electron chi connectivity index (χ4n) is 3.01.